The summed E-state index contributed by atoms with van der Waals surface area (Å²) in [6, 6.07) is 2.31. The van der Waals surface area contributed by atoms with Crippen molar-refractivity contribution < 1.29 is 0 Å². The fourth-order valence-corrected chi connectivity index (χ4v) is 6.67. The summed E-state index contributed by atoms with van der Waals surface area (Å²) in [5.74, 6) is 1.54. The normalized spacial score (nSPS) is 24.3. The molecule has 0 heterocycles. The highest BCUT2D eigenvalue weighted by Gasteiger charge is 2.28. The molecule has 0 spiro atoms. The first-order valence-corrected chi connectivity index (χ1v) is 13.6. The van der Waals surface area contributed by atoms with Crippen LogP contribution in [-0.4, -0.2) is 69.9 Å². The van der Waals surface area contributed by atoms with Crippen molar-refractivity contribution in [2.45, 2.75) is 120 Å². The Labute approximate surface area is 178 Å². The number of likely N-dealkylation sites (N-methyl/N-ethyl adjacent to an activating group) is 1. The van der Waals surface area contributed by atoms with E-state index in [0.717, 1.165) is 18.1 Å². The summed E-state index contributed by atoms with van der Waals surface area (Å²) in [6.45, 7) is 0. The molecule has 1 unspecified atom stereocenters. The molecule has 3 saturated carbocycles. The van der Waals surface area contributed by atoms with E-state index in [-0.39, 0.29) is 0 Å². The zero-order chi connectivity index (χ0) is 19.9. The molecule has 4 heteroatoms. The minimum atomic E-state index is 0.648. The van der Waals surface area contributed by atoms with E-state index < -0.39 is 0 Å². The number of hydrogen-bond donors (Lipinski definition) is 0. The van der Waals surface area contributed by atoms with Crippen molar-refractivity contribution in [3.05, 3.63) is 11.9 Å². The average molecular weight is 406 g/mol. The molecule has 0 N–H and O–H groups in total. The summed E-state index contributed by atoms with van der Waals surface area (Å²) in [5, 5.41) is 0. The topological polar surface area (TPSA) is 9.72 Å². The van der Waals surface area contributed by atoms with Crippen LogP contribution in [0.5, 0.6) is 0 Å². The summed E-state index contributed by atoms with van der Waals surface area (Å²) in [6.07, 6.45) is 23.9. The Morgan fingerprint density at radius 3 is 1.39 bits per heavy atom. The number of hydrogen-bond acceptors (Lipinski definition) is 3. The minimum absolute atomic E-state index is 0.648. The first-order chi connectivity index (χ1) is 13.6. The predicted molar refractivity (Wildman–Crippen MR) is 126 cm³/mol. The Balaban J connectivity index is 1.75. The summed E-state index contributed by atoms with van der Waals surface area (Å²) < 4.78 is 0. The Bertz CT molecular complexity index is 450. The van der Waals surface area contributed by atoms with Crippen molar-refractivity contribution in [3.8, 4) is 0 Å². The Morgan fingerprint density at radius 2 is 1.00 bits per heavy atom. The van der Waals surface area contributed by atoms with Crippen molar-refractivity contribution in [1.29, 1.82) is 0 Å². The number of rotatable bonds is 7. The van der Waals surface area contributed by atoms with Crippen molar-refractivity contribution >= 4 is 10.2 Å². The average Bonchev–Trinajstić information content (AvgIpc) is 2.77. The lowest BCUT2D eigenvalue weighted by Gasteiger charge is -2.44. The fraction of sp³-hybridized carbons (Fsp3) is 0.917. The molecule has 3 aliphatic carbocycles. The highest BCUT2D eigenvalue weighted by Crippen LogP contribution is 2.30. The van der Waals surface area contributed by atoms with Gasteiger partial charge in [0.05, 0.1) is 0 Å². The third-order valence-corrected chi connectivity index (χ3v) is 9.30. The van der Waals surface area contributed by atoms with Gasteiger partial charge in [-0.15, -0.1) is 0 Å². The molecule has 0 aromatic heterocycles. The van der Waals surface area contributed by atoms with E-state index in [9.17, 15) is 0 Å². The van der Waals surface area contributed by atoms with Gasteiger partial charge in [0.1, 0.15) is 5.82 Å². The molecule has 3 rings (SSSR count). The largest absolute Gasteiger partial charge is 0.359 e. The van der Waals surface area contributed by atoms with Crippen LogP contribution in [0.25, 0.3) is 0 Å². The Hall–Kier alpha value is -0.483. The van der Waals surface area contributed by atoms with Gasteiger partial charge in [0, 0.05) is 48.1 Å². The molecule has 0 aliphatic heterocycles. The van der Waals surface area contributed by atoms with Gasteiger partial charge in [-0.2, -0.15) is 0 Å². The fourth-order valence-electron chi connectivity index (χ4n) is 5.95. The second-order valence-corrected chi connectivity index (χ2v) is 11.2. The summed E-state index contributed by atoms with van der Waals surface area (Å²) in [7, 11) is 8.42. The SMILES string of the molecule is CN(C(=CC([SiH3])N(C)C1CCCCC1)N(C)C1CCCCC1)C1CCCCC1. The van der Waals surface area contributed by atoms with Crippen LogP contribution in [0.3, 0.4) is 0 Å². The maximum absolute atomic E-state index is 2.73. The maximum atomic E-state index is 2.73. The van der Waals surface area contributed by atoms with Crippen LogP contribution in [0.15, 0.2) is 11.9 Å². The van der Waals surface area contributed by atoms with Crippen LogP contribution in [0, 0.1) is 0 Å². The molecule has 3 fully saturated rings. The second-order valence-electron chi connectivity index (χ2n) is 10.0. The van der Waals surface area contributed by atoms with Crippen molar-refractivity contribution in [2.24, 2.45) is 0 Å². The van der Waals surface area contributed by atoms with Crippen molar-refractivity contribution in [3.63, 3.8) is 0 Å². The molecule has 0 amide bonds. The Kier molecular flexibility index (Phi) is 8.77. The molecule has 0 aromatic rings. The van der Waals surface area contributed by atoms with Crippen LogP contribution in [0.1, 0.15) is 96.3 Å². The molecule has 28 heavy (non-hydrogen) atoms. The maximum Gasteiger partial charge on any atom is 0.101 e. The summed E-state index contributed by atoms with van der Waals surface area (Å²) >= 11 is 0. The van der Waals surface area contributed by atoms with E-state index in [4.69, 9.17) is 0 Å². The van der Waals surface area contributed by atoms with E-state index in [1.165, 1.54) is 107 Å². The first kappa shape index (κ1) is 22.2. The van der Waals surface area contributed by atoms with Gasteiger partial charge in [0.2, 0.25) is 0 Å². The van der Waals surface area contributed by atoms with E-state index in [2.05, 4.69) is 41.9 Å². The van der Waals surface area contributed by atoms with Gasteiger partial charge in [0.25, 0.3) is 0 Å². The van der Waals surface area contributed by atoms with Gasteiger partial charge < -0.3 is 14.7 Å². The first-order valence-electron chi connectivity index (χ1n) is 12.5. The van der Waals surface area contributed by atoms with Crippen LogP contribution in [-0.2, 0) is 0 Å². The van der Waals surface area contributed by atoms with Crippen LogP contribution >= 0.6 is 0 Å². The highest BCUT2D eigenvalue weighted by atomic mass is 28.1. The van der Waals surface area contributed by atoms with Crippen LogP contribution < -0.4 is 0 Å². The molecular formula is C24H47N3Si. The summed E-state index contributed by atoms with van der Waals surface area (Å²) in [5.41, 5.74) is 0.648. The monoisotopic (exact) mass is 405 g/mol. The lowest BCUT2D eigenvalue weighted by atomic mass is 9.93. The van der Waals surface area contributed by atoms with E-state index in [1.807, 2.05) is 0 Å². The molecule has 3 aliphatic rings. The van der Waals surface area contributed by atoms with Crippen molar-refractivity contribution in [1.82, 2.24) is 14.7 Å². The van der Waals surface area contributed by atoms with E-state index in [0.29, 0.717) is 5.67 Å². The van der Waals surface area contributed by atoms with Crippen molar-refractivity contribution in [2.75, 3.05) is 21.1 Å². The minimum Gasteiger partial charge on any atom is -0.359 e. The predicted octanol–water partition coefficient (Wildman–Crippen LogP) is 4.31. The van der Waals surface area contributed by atoms with Gasteiger partial charge >= 0.3 is 0 Å². The smallest absolute Gasteiger partial charge is 0.101 e. The van der Waals surface area contributed by atoms with E-state index in [1.54, 1.807) is 5.82 Å². The quantitative estimate of drug-likeness (QED) is 0.584. The zero-order valence-electron chi connectivity index (χ0n) is 19.3. The molecule has 0 bridgehead atoms. The lowest BCUT2D eigenvalue weighted by molar-refractivity contribution is 0.131. The van der Waals surface area contributed by atoms with Gasteiger partial charge in [-0.05, 0) is 51.6 Å². The third-order valence-electron chi connectivity index (χ3n) is 8.15. The van der Waals surface area contributed by atoms with Crippen LogP contribution in [0.2, 0.25) is 0 Å². The summed E-state index contributed by atoms with van der Waals surface area (Å²) in [4.78, 5) is 8.11. The third kappa shape index (κ3) is 5.78. The van der Waals surface area contributed by atoms with Gasteiger partial charge in [0.15, 0.2) is 0 Å². The molecule has 162 valence electrons. The lowest BCUT2D eigenvalue weighted by Crippen LogP contribution is -2.46. The molecular weight excluding hydrogens is 358 g/mol. The van der Waals surface area contributed by atoms with E-state index >= 15 is 0 Å². The highest BCUT2D eigenvalue weighted by molar-refractivity contribution is 6.13. The molecule has 1 atom stereocenters. The second kappa shape index (κ2) is 11.1. The zero-order valence-corrected chi connectivity index (χ0v) is 21.3. The molecule has 0 radical (unpaired) electrons. The van der Waals surface area contributed by atoms with Gasteiger partial charge in [-0.3, -0.25) is 0 Å². The van der Waals surface area contributed by atoms with Gasteiger partial charge in [-0.1, -0.05) is 57.8 Å². The molecule has 0 saturated heterocycles. The number of nitrogens with zero attached hydrogens (tertiary/aromatic N) is 3. The molecule has 0 aromatic carbocycles. The standard InChI is InChI=1S/C24H47N3Si/c1-25(20-13-7-4-8-14-20)23(26(2)21-15-9-5-10-16-21)19-24(28)27(3)22-17-11-6-12-18-22/h19-22,24H,4-18H2,1-3,28H3. The van der Waals surface area contributed by atoms with Crippen LogP contribution in [0.4, 0.5) is 0 Å². The molecule has 3 nitrogen and oxygen atoms in total. The Morgan fingerprint density at radius 1 is 0.643 bits per heavy atom. The van der Waals surface area contributed by atoms with Gasteiger partial charge in [-0.25, -0.2) is 0 Å².